The highest BCUT2D eigenvalue weighted by Gasteiger charge is 2.55. The van der Waals surface area contributed by atoms with Gasteiger partial charge in [0.05, 0.1) is 13.2 Å². The summed E-state index contributed by atoms with van der Waals surface area (Å²) in [7, 11) is 0. The van der Waals surface area contributed by atoms with Crippen molar-refractivity contribution in [1.82, 2.24) is 9.13 Å². The number of Topliss-reactive ketones (excluding diaryl/α,β-unsaturated/α-hetero) is 1. The van der Waals surface area contributed by atoms with Gasteiger partial charge in [0, 0.05) is 17.8 Å². The van der Waals surface area contributed by atoms with E-state index in [1.54, 1.807) is 44.2 Å². The Morgan fingerprint density at radius 1 is 1.10 bits per heavy atom. The number of nitrogens with zero attached hydrogens (tertiary/aromatic N) is 2. The lowest BCUT2D eigenvalue weighted by molar-refractivity contribution is -0.200. The predicted octanol–water partition coefficient (Wildman–Crippen LogP) is 0.303. The van der Waals surface area contributed by atoms with Crippen molar-refractivity contribution in [2.45, 2.75) is 50.7 Å². The summed E-state index contributed by atoms with van der Waals surface area (Å²) < 4.78 is 19.5. The lowest BCUT2D eigenvalue weighted by Crippen LogP contribution is -2.44. The van der Waals surface area contributed by atoms with Crippen LogP contribution in [-0.4, -0.2) is 50.7 Å². The van der Waals surface area contributed by atoms with Crippen LogP contribution in [-0.2, 0) is 20.8 Å². The van der Waals surface area contributed by atoms with Gasteiger partial charge in [-0.15, -0.1) is 0 Å². The Labute approximate surface area is 166 Å². The number of benzene rings is 1. The van der Waals surface area contributed by atoms with E-state index in [2.05, 4.69) is 0 Å². The van der Waals surface area contributed by atoms with E-state index in [9.17, 15) is 19.5 Å². The summed E-state index contributed by atoms with van der Waals surface area (Å²) in [6.45, 7) is 2.77. The van der Waals surface area contributed by atoms with E-state index in [0.717, 1.165) is 4.57 Å². The smallest absolute Gasteiger partial charge is 0.333 e. The molecule has 0 unspecified atom stereocenters. The topological polar surface area (TPSA) is 109 Å². The van der Waals surface area contributed by atoms with Crippen molar-refractivity contribution in [3.05, 3.63) is 69.0 Å². The number of carbonyl (C=O) groups excluding carboxylic acids is 1. The molecule has 2 aliphatic rings. The Balaban J connectivity index is 1.68. The number of fused-ring (bicyclic) bond motifs is 1. The molecule has 4 rings (SSSR count). The summed E-state index contributed by atoms with van der Waals surface area (Å²) >= 11 is 0. The monoisotopic (exact) mass is 402 g/mol. The molecule has 2 saturated heterocycles. The Morgan fingerprint density at radius 2 is 1.79 bits per heavy atom. The van der Waals surface area contributed by atoms with Crippen LogP contribution in [0.15, 0.2) is 52.2 Å². The van der Waals surface area contributed by atoms with E-state index >= 15 is 0 Å². The first-order valence-corrected chi connectivity index (χ1v) is 9.33. The number of carbonyl (C=O) groups is 1. The molecule has 3 heterocycles. The van der Waals surface area contributed by atoms with Crippen molar-refractivity contribution in [3.8, 4) is 0 Å². The van der Waals surface area contributed by atoms with Crippen molar-refractivity contribution in [2.75, 3.05) is 6.61 Å². The lowest BCUT2D eigenvalue weighted by Gasteiger charge is -2.24. The number of rotatable bonds is 5. The van der Waals surface area contributed by atoms with Crippen LogP contribution in [0.5, 0.6) is 0 Å². The maximum atomic E-state index is 13.0. The van der Waals surface area contributed by atoms with Gasteiger partial charge in [-0.05, 0) is 13.8 Å². The molecule has 154 valence electrons. The van der Waals surface area contributed by atoms with Gasteiger partial charge in [0.15, 0.2) is 17.8 Å². The van der Waals surface area contributed by atoms with Crippen molar-refractivity contribution in [3.63, 3.8) is 0 Å². The average molecular weight is 402 g/mol. The molecule has 0 radical (unpaired) electrons. The molecule has 2 aromatic rings. The molecule has 4 atom stereocenters. The summed E-state index contributed by atoms with van der Waals surface area (Å²) in [4.78, 5) is 37.8. The van der Waals surface area contributed by atoms with E-state index in [-0.39, 0.29) is 12.4 Å². The van der Waals surface area contributed by atoms with Crippen molar-refractivity contribution < 1.29 is 24.1 Å². The molecule has 1 aromatic heterocycles. The highest BCUT2D eigenvalue weighted by molar-refractivity contribution is 5.95. The zero-order chi connectivity index (χ0) is 20.8. The minimum absolute atomic E-state index is 0.308. The molecular weight excluding hydrogens is 380 g/mol. The average Bonchev–Trinajstić information content (AvgIpc) is 3.18. The third-order valence-corrected chi connectivity index (χ3v) is 5.07. The van der Waals surface area contributed by atoms with Crippen molar-refractivity contribution >= 4 is 5.78 Å². The zero-order valence-electron chi connectivity index (χ0n) is 16.1. The van der Waals surface area contributed by atoms with Crippen LogP contribution >= 0.6 is 0 Å². The van der Waals surface area contributed by atoms with E-state index in [1.807, 2.05) is 0 Å². The van der Waals surface area contributed by atoms with Crippen LogP contribution < -0.4 is 11.2 Å². The lowest BCUT2D eigenvalue weighted by atomic mass is 10.1. The summed E-state index contributed by atoms with van der Waals surface area (Å²) in [5.41, 5.74) is -0.883. The van der Waals surface area contributed by atoms with Gasteiger partial charge in [0.25, 0.3) is 5.56 Å². The van der Waals surface area contributed by atoms with E-state index in [4.69, 9.17) is 14.2 Å². The molecule has 0 spiro atoms. The largest absolute Gasteiger partial charge is 0.394 e. The highest BCUT2D eigenvalue weighted by Crippen LogP contribution is 2.42. The number of aliphatic hydroxyl groups excluding tert-OH is 1. The molecule has 1 aromatic carbocycles. The van der Waals surface area contributed by atoms with Crippen LogP contribution in [0, 0.1) is 0 Å². The van der Waals surface area contributed by atoms with Gasteiger partial charge in [-0.2, -0.15) is 0 Å². The van der Waals surface area contributed by atoms with Gasteiger partial charge < -0.3 is 19.3 Å². The van der Waals surface area contributed by atoms with Gasteiger partial charge in [0.2, 0.25) is 0 Å². The highest BCUT2D eigenvalue weighted by atomic mass is 16.8. The Bertz CT molecular complexity index is 1030. The van der Waals surface area contributed by atoms with Gasteiger partial charge in [-0.1, -0.05) is 30.3 Å². The second-order valence-corrected chi connectivity index (χ2v) is 7.53. The minimum atomic E-state index is -0.898. The number of aliphatic hydroxyl groups is 1. The molecule has 2 fully saturated rings. The summed E-state index contributed by atoms with van der Waals surface area (Å²) in [5.74, 6) is -1.26. The third kappa shape index (κ3) is 3.58. The molecule has 1 N–H and O–H groups in total. The maximum absolute atomic E-state index is 13.0. The summed E-state index contributed by atoms with van der Waals surface area (Å²) in [6, 6.07) is 9.63. The Kier molecular flexibility index (Phi) is 4.99. The van der Waals surface area contributed by atoms with Gasteiger partial charge in [0.1, 0.15) is 18.3 Å². The molecule has 2 aliphatic heterocycles. The summed E-state index contributed by atoms with van der Waals surface area (Å²) in [5, 5.41) is 9.61. The van der Waals surface area contributed by atoms with Gasteiger partial charge >= 0.3 is 5.69 Å². The Morgan fingerprint density at radius 3 is 2.48 bits per heavy atom. The third-order valence-electron chi connectivity index (χ3n) is 5.07. The zero-order valence-corrected chi connectivity index (χ0v) is 16.1. The van der Waals surface area contributed by atoms with Crippen LogP contribution in [0.1, 0.15) is 30.4 Å². The van der Waals surface area contributed by atoms with Crippen LogP contribution in [0.25, 0.3) is 0 Å². The molecule has 0 saturated carbocycles. The number of aromatic nitrogens is 2. The van der Waals surface area contributed by atoms with Crippen LogP contribution in [0.3, 0.4) is 0 Å². The molecular formula is C20H22N2O7. The standard InChI is InChI=1S/C20H22N2O7/c1-20(2)28-16-14(11-23)27-18(17(16)29-20)21-9-8-15(25)22(19(21)26)10-13(24)12-6-4-3-5-7-12/h3-9,14,16-18,23H,10-11H2,1-2H3/t14-,16-,17-,18-/m1/s1. The van der Waals surface area contributed by atoms with Crippen LogP contribution in [0.2, 0.25) is 0 Å². The number of hydrogen-bond acceptors (Lipinski definition) is 7. The number of hydrogen-bond donors (Lipinski definition) is 1. The van der Waals surface area contributed by atoms with Crippen molar-refractivity contribution in [1.29, 1.82) is 0 Å². The van der Waals surface area contributed by atoms with Gasteiger partial charge in [-0.3, -0.25) is 18.7 Å². The van der Waals surface area contributed by atoms with E-state index in [0.29, 0.717) is 5.56 Å². The fraction of sp³-hybridized carbons (Fsp3) is 0.450. The minimum Gasteiger partial charge on any atom is -0.394 e. The Hall–Kier alpha value is -2.59. The van der Waals surface area contributed by atoms with E-state index < -0.39 is 48.1 Å². The maximum Gasteiger partial charge on any atom is 0.333 e. The first-order chi connectivity index (χ1) is 13.8. The first-order valence-electron chi connectivity index (χ1n) is 9.33. The molecule has 9 heteroatoms. The fourth-order valence-electron chi connectivity index (χ4n) is 3.76. The molecule has 0 aliphatic carbocycles. The SMILES string of the molecule is CC1(C)O[C@@H]2[C@H](O1)[C@@H](CO)O[C@H]2n1ccc(=O)n(CC(=O)c2ccccc2)c1=O. The fourth-order valence-corrected chi connectivity index (χ4v) is 3.76. The normalized spacial score (nSPS) is 27.7. The first kappa shape index (κ1) is 19.7. The molecule has 29 heavy (non-hydrogen) atoms. The van der Waals surface area contributed by atoms with E-state index in [1.165, 1.54) is 16.8 Å². The molecule has 0 amide bonds. The quantitative estimate of drug-likeness (QED) is 0.717. The second kappa shape index (κ2) is 7.34. The van der Waals surface area contributed by atoms with Gasteiger partial charge in [-0.25, -0.2) is 4.79 Å². The molecule has 9 nitrogen and oxygen atoms in total. The van der Waals surface area contributed by atoms with Crippen LogP contribution in [0.4, 0.5) is 0 Å². The second-order valence-electron chi connectivity index (χ2n) is 7.53. The summed E-state index contributed by atoms with van der Waals surface area (Å²) in [6.07, 6.45) is -1.46. The number of ether oxygens (including phenoxy) is 3. The number of ketones is 1. The molecule has 0 bridgehead atoms. The van der Waals surface area contributed by atoms with Crippen molar-refractivity contribution in [2.24, 2.45) is 0 Å². The predicted molar refractivity (Wildman–Crippen MR) is 101 cm³/mol.